The van der Waals surface area contributed by atoms with Crippen molar-refractivity contribution in [2.75, 3.05) is 0 Å². The summed E-state index contributed by atoms with van der Waals surface area (Å²) >= 11 is 0. The molecule has 0 heterocycles. The summed E-state index contributed by atoms with van der Waals surface area (Å²) in [5.74, 6) is 0. The van der Waals surface area contributed by atoms with Gasteiger partial charge in [0.1, 0.15) is 6.10 Å². The number of amides is 1. The minimum absolute atomic E-state index is 0.278. The number of aliphatic hydroxyl groups is 1. The van der Waals surface area contributed by atoms with E-state index in [4.69, 9.17) is 10.5 Å². The van der Waals surface area contributed by atoms with Crippen molar-refractivity contribution in [2.24, 2.45) is 5.73 Å². The Morgan fingerprint density at radius 3 is 2.00 bits per heavy atom. The molecule has 2 aromatic carbocycles. The van der Waals surface area contributed by atoms with Gasteiger partial charge in [-0.3, -0.25) is 0 Å². The van der Waals surface area contributed by atoms with Gasteiger partial charge in [0.15, 0.2) is 0 Å². The summed E-state index contributed by atoms with van der Waals surface area (Å²) in [6.07, 6.45) is -0.377. The Bertz CT molecular complexity index is 714. The number of nitrogens with one attached hydrogen (secondary N) is 1. The number of carbonyl (C=O) groups excluding carboxylic acids is 1. The molecule has 2 aromatic rings. The largest absolute Gasteiger partial charge is 0.446 e. The lowest BCUT2D eigenvalue weighted by atomic mass is 9.95. The van der Waals surface area contributed by atoms with E-state index in [2.05, 4.69) is 5.32 Å². The predicted molar refractivity (Wildman–Crippen MR) is 112 cm³/mol. The molecule has 0 aromatic heterocycles. The number of nitrogens with two attached hydrogens (primary N) is 1. The summed E-state index contributed by atoms with van der Waals surface area (Å²) in [5, 5.41) is 13.4. The Kier molecular flexibility index (Phi) is 8.03. The van der Waals surface area contributed by atoms with Crippen LogP contribution in [-0.2, 0) is 17.6 Å². The normalized spacial score (nSPS) is 14.8. The first kappa shape index (κ1) is 21.9. The van der Waals surface area contributed by atoms with Crippen molar-refractivity contribution in [1.29, 1.82) is 0 Å². The van der Waals surface area contributed by atoms with Crippen molar-refractivity contribution in [3.63, 3.8) is 0 Å². The van der Waals surface area contributed by atoms with Gasteiger partial charge in [0.2, 0.25) is 0 Å². The second-order valence-electron chi connectivity index (χ2n) is 8.25. The van der Waals surface area contributed by atoms with Gasteiger partial charge in [-0.2, -0.15) is 0 Å². The molecule has 0 aliphatic carbocycles. The van der Waals surface area contributed by atoms with Crippen molar-refractivity contribution < 1.29 is 14.6 Å². The molecule has 0 bridgehead atoms. The number of hydrogen-bond acceptors (Lipinski definition) is 4. The number of alkyl carbamates (subject to hydrolysis) is 1. The topological polar surface area (TPSA) is 84.6 Å². The molecule has 0 aliphatic rings. The third-order valence-electron chi connectivity index (χ3n) is 4.37. The zero-order valence-corrected chi connectivity index (χ0v) is 17.0. The van der Waals surface area contributed by atoms with E-state index in [1.165, 1.54) is 0 Å². The minimum Gasteiger partial charge on any atom is -0.446 e. The molecule has 0 saturated carbocycles. The second-order valence-corrected chi connectivity index (χ2v) is 8.25. The van der Waals surface area contributed by atoms with Gasteiger partial charge >= 0.3 is 6.09 Å². The van der Waals surface area contributed by atoms with Gasteiger partial charge in [0.25, 0.3) is 0 Å². The Labute approximate surface area is 167 Å². The lowest BCUT2D eigenvalue weighted by Gasteiger charge is -2.27. The first-order valence-corrected chi connectivity index (χ1v) is 9.73. The predicted octanol–water partition coefficient (Wildman–Crippen LogP) is 3.44. The maximum absolute atomic E-state index is 12.3. The average Bonchev–Trinajstić information content (AvgIpc) is 2.61. The first-order valence-electron chi connectivity index (χ1n) is 9.73. The van der Waals surface area contributed by atoms with Crippen molar-refractivity contribution in [2.45, 2.75) is 63.8 Å². The van der Waals surface area contributed by atoms with E-state index in [-0.39, 0.29) is 6.42 Å². The van der Waals surface area contributed by atoms with Crippen molar-refractivity contribution in [3.05, 3.63) is 71.8 Å². The fourth-order valence-corrected chi connectivity index (χ4v) is 3.00. The maximum atomic E-state index is 12.3. The number of ether oxygens (including phenoxy) is 1. The van der Waals surface area contributed by atoms with Crippen LogP contribution in [0.5, 0.6) is 0 Å². The van der Waals surface area contributed by atoms with Crippen LogP contribution in [0.2, 0.25) is 0 Å². The quantitative estimate of drug-likeness (QED) is 0.651. The fraction of sp³-hybridized carbons (Fsp3) is 0.435. The molecule has 0 spiro atoms. The van der Waals surface area contributed by atoms with Crippen LogP contribution in [0.4, 0.5) is 4.79 Å². The van der Waals surface area contributed by atoms with E-state index in [1.807, 2.05) is 81.4 Å². The minimum atomic E-state index is -0.781. The van der Waals surface area contributed by atoms with E-state index in [9.17, 15) is 9.90 Å². The molecule has 0 fully saturated rings. The number of rotatable bonds is 8. The monoisotopic (exact) mass is 384 g/mol. The highest BCUT2D eigenvalue weighted by atomic mass is 16.6. The van der Waals surface area contributed by atoms with Crippen molar-refractivity contribution in [3.8, 4) is 0 Å². The van der Waals surface area contributed by atoms with Crippen LogP contribution < -0.4 is 11.1 Å². The van der Waals surface area contributed by atoms with Crippen LogP contribution in [0.1, 0.15) is 38.3 Å². The summed E-state index contributed by atoms with van der Waals surface area (Å²) < 4.78 is 5.64. The van der Waals surface area contributed by atoms with E-state index >= 15 is 0 Å². The van der Waals surface area contributed by atoms with Crippen LogP contribution in [0.3, 0.4) is 0 Å². The molecule has 2 rings (SSSR count). The van der Waals surface area contributed by atoms with Crippen LogP contribution in [-0.4, -0.2) is 35.0 Å². The molecule has 0 unspecified atom stereocenters. The van der Waals surface area contributed by atoms with Gasteiger partial charge in [-0.05, 0) is 38.3 Å². The van der Waals surface area contributed by atoms with Crippen LogP contribution in [0.25, 0.3) is 0 Å². The molecule has 5 nitrogen and oxygen atoms in total. The van der Waals surface area contributed by atoms with Gasteiger partial charge in [-0.1, -0.05) is 60.7 Å². The molecule has 3 atom stereocenters. The van der Waals surface area contributed by atoms with Gasteiger partial charge < -0.3 is 20.9 Å². The summed E-state index contributed by atoms with van der Waals surface area (Å²) in [5.41, 5.74) is 7.94. The Morgan fingerprint density at radius 2 is 1.50 bits per heavy atom. The highest BCUT2D eigenvalue weighted by Crippen LogP contribution is 2.15. The molecule has 0 radical (unpaired) electrons. The molecular weight excluding hydrogens is 352 g/mol. The average molecular weight is 385 g/mol. The van der Waals surface area contributed by atoms with Crippen molar-refractivity contribution in [1.82, 2.24) is 5.32 Å². The first-order chi connectivity index (χ1) is 13.2. The van der Waals surface area contributed by atoms with Crippen LogP contribution in [0, 0.1) is 0 Å². The fourth-order valence-electron chi connectivity index (χ4n) is 3.00. The van der Waals surface area contributed by atoms with Crippen LogP contribution in [0.15, 0.2) is 60.7 Å². The zero-order valence-electron chi connectivity index (χ0n) is 17.0. The van der Waals surface area contributed by atoms with Gasteiger partial charge in [-0.25, -0.2) is 4.79 Å². The maximum Gasteiger partial charge on any atom is 0.407 e. The molecule has 4 N–H and O–H groups in total. The smallest absolute Gasteiger partial charge is 0.407 e. The summed E-state index contributed by atoms with van der Waals surface area (Å²) in [7, 11) is 0. The van der Waals surface area contributed by atoms with Crippen LogP contribution >= 0.6 is 0 Å². The van der Waals surface area contributed by atoms with E-state index in [0.29, 0.717) is 12.8 Å². The van der Waals surface area contributed by atoms with Gasteiger partial charge in [-0.15, -0.1) is 0 Å². The molecule has 0 saturated heterocycles. The van der Waals surface area contributed by atoms with Gasteiger partial charge in [0, 0.05) is 24.4 Å². The Morgan fingerprint density at radius 1 is 1.00 bits per heavy atom. The molecule has 1 amide bonds. The number of aliphatic hydroxyl groups excluding tert-OH is 1. The molecule has 0 aliphatic heterocycles. The lowest BCUT2D eigenvalue weighted by molar-refractivity contribution is 0.0417. The van der Waals surface area contributed by atoms with E-state index in [0.717, 1.165) is 11.1 Å². The molecule has 5 heteroatoms. The SMILES string of the molecule is CC(C)(C)NC(=O)O[C@@H](Cc1ccccc1)C[C@H](O)[C@@H](N)Cc1ccccc1. The second kappa shape index (κ2) is 10.2. The zero-order chi connectivity index (χ0) is 20.6. The highest BCUT2D eigenvalue weighted by molar-refractivity contribution is 5.68. The summed E-state index contributed by atoms with van der Waals surface area (Å²) in [6, 6.07) is 19.2. The lowest BCUT2D eigenvalue weighted by Crippen LogP contribution is -2.44. The summed E-state index contributed by atoms with van der Waals surface area (Å²) in [4.78, 5) is 12.3. The van der Waals surface area contributed by atoms with E-state index in [1.54, 1.807) is 0 Å². The third-order valence-corrected chi connectivity index (χ3v) is 4.37. The Balaban J connectivity index is 2.01. The third kappa shape index (κ3) is 8.11. The van der Waals surface area contributed by atoms with E-state index < -0.39 is 29.9 Å². The number of benzene rings is 2. The highest BCUT2D eigenvalue weighted by Gasteiger charge is 2.25. The molecule has 152 valence electrons. The Hall–Kier alpha value is -2.37. The molecular formula is C23H32N2O3. The number of hydrogen-bond donors (Lipinski definition) is 3. The summed E-state index contributed by atoms with van der Waals surface area (Å²) in [6.45, 7) is 5.68. The van der Waals surface area contributed by atoms with Gasteiger partial charge in [0.05, 0.1) is 6.10 Å². The standard InChI is InChI=1S/C23H32N2O3/c1-23(2,3)25-22(27)28-19(14-17-10-6-4-7-11-17)16-21(26)20(24)15-18-12-8-5-9-13-18/h4-13,19-21,26H,14-16,24H2,1-3H3,(H,25,27)/t19-,20-,21-/m0/s1. The number of carbonyl (C=O) groups is 1. The van der Waals surface area contributed by atoms with Crippen molar-refractivity contribution >= 4 is 6.09 Å². The molecule has 28 heavy (non-hydrogen) atoms.